The van der Waals surface area contributed by atoms with Crippen LogP contribution in [-0.2, 0) is 4.74 Å². The largest absolute Gasteiger partial charge is 0.363 e. The Bertz CT molecular complexity index is 914. The van der Waals surface area contributed by atoms with Gasteiger partial charge in [-0.25, -0.2) is 0 Å². The number of para-hydroxylation sites is 2. The van der Waals surface area contributed by atoms with Crippen molar-refractivity contribution in [3.8, 4) is 11.4 Å². The van der Waals surface area contributed by atoms with E-state index in [1.165, 1.54) is 5.56 Å². The number of hydrogen-bond donors (Lipinski definition) is 1. The van der Waals surface area contributed by atoms with Crippen molar-refractivity contribution >= 4 is 11.4 Å². The first-order chi connectivity index (χ1) is 13.1. The Labute approximate surface area is 159 Å². The smallest absolute Gasteiger partial charge is 0.257 e. The van der Waals surface area contributed by atoms with Crippen LogP contribution in [0.1, 0.15) is 24.5 Å². The number of benzene rings is 2. The van der Waals surface area contributed by atoms with Gasteiger partial charge in [-0.15, -0.1) is 0 Å². The van der Waals surface area contributed by atoms with Gasteiger partial charge in [-0.1, -0.05) is 35.5 Å². The maximum atomic E-state index is 5.98. The van der Waals surface area contributed by atoms with Crippen LogP contribution in [0.2, 0.25) is 0 Å². The standard InChI is InChI=1S/C21H24N4O2/c1-14-8-4-6-10-17(14)22-18-11-7-5-9-16(18)20-23-21(27-24-20)19-13-25(3)12-15(2)26-19/h4-11,15,19,22H,12-13H2,1-3H3/t15-,19-/m1/s1. The van der Waals surface area contributed by atoms with Crippen LogP contribution in [0.3, 0.4) is 0 Å². The number of aryl methyl sites for hydroxylation is 1. The Morgan fingerprint density at radius 3 is 2.56 bits per heavy atom. The highest BCUT2D eigenvalue weighted by Crippen LogP contribution is 2.31. The van der Waals surface area contributed by atoms with Crippen molar-refractivity contribution in [1.29, 1.82) is 0 Å². The highest BCUT2D eigenvalue weighted by atomic mass is 16.5. The van der Waals surface area contributed by atoms with E-state index < -0.39 is 0 Å². The van der Waals surface area contributed by atoms with E-state index in [9.17, 15) is 0 Å². The number of nitrogens with one attached hydrogen (secondary N) is 1. The molecule has 140 valence electrons. The van der Waals surface area contributed by atoms with Crippen molar-refractivity contribution in [2.75, 3.05) is 25.5 Å². The molecule has 6 heteroatoms. The molecule has 1 aliphatic heterocycles. The molecule has 0 bridgehead atoms. The minimum atomic E-state index is -0.198. The number of morpholine rings is 1. The summed E-state index contributed by atoms with van der Waals surface area (Å²) in [5.74, 6) is 1.08. The molecule has 2 atom stereocenters. The number of hydrogen-bond acceptors (Lipinski definition) is 6. The summed E-state index contributed by atoms with van der Waals surface area (Å²) in [4.78, 5) is 6.85. The molecule has 0 spiro atoms. The Morgan fingerprint density at radius 2 is 1.78 bits per heavy atom. The molecule has 1 fully saturated rings. The Morgan fingerprint density at radius 1 is 1.04 bits per heavy atom. The van der Waals surface area contributed by atoms with Crippen molar-refractivity contribution in [2.24, 2.45) is 0 Å². The SMILES string of the molecule is Cc1ccccc1Nc1ccccc1-c1noc([C@H]2CN(C)C[C@@H](C)O2)n1. The van der Waals surface area contributed by atoms with Crippen molar-refractivity contribution in [3.05, 3.63) is 60.0 Å². The molecule has 1 saturated heterocycles. The van der Waals surface area contributed by atoms with Gasteiger partial charge in [-0.3, -0.25) is 0 Å². The predicted molar refractivity (Wildman–Crippen MR) is 105 cm³/mol. The minimum absolute atomic E-state index is 0.138. The molecule has 2 heterocycles. The number of rotatable bonds is 4. The van der Waals surface area contributed by atoms with E-state index in [0.29, 0.717) is 11.7 Å². The highest BCUT2D eigenvalue weighted by molar-refractivity contribution is 5.78. The zero-order valence-electron chi connectivity index (χ0n) is 15.8. The molecule has 2 aromatic carbocycles. The average molecular weight is 364 g/mol. The number of aromatic nitrogens is 2. The second kappa shape index (κ2) is 7.50. The van der Waals surface area contributed by atoms with E-state index >= 15 is 0 Å². The van der Waals surface area contributed by atoms with Crippen molar-refractivity contribution in [1.82, 2.24) is 15.0 Å². The van der Waals surface area contributed by atoms with Gasteiger partial charge in [0, 0.05) is 30.0 Å². The van der Waals surface area contributed by atoms with Gasteiger partial charge in [0.15, 0.2) is 0 Å². The Hall–Kier alpha value is -2.70. The second-order valence-corrected chi connectivity index (χ2v) is 7.10. The number of likely N-dealkylation sites (N-methyl/N-ethyl adjacent to an activating group) is 1. The van der Waals surface area contributed by atoms with E-state index in [0.717, 1.165) is 30.0 Å². The average Bonchev–Trinajstić information content (AvgIpc) is 3.13. The molecule has 6 nitrogen and oxygen atoms in total. The van der Waals surface area contributed by atoms with Crippen LogP contribution in [-0.4, -0.2) is 41.3 Å². The fourth-order valence-electron chi connectivity index (χ4n) is 3.42. The predicted octanol–water partition coefficient (Wildman–Crippen LogP) is 4.18. The van der Waals surface area contributed by atoms with Crippen molar-refractivity contribution < 1.29 is 9.26 Å². The summed E-state index contributed by atoms with van der Waals surface area (Å²) in [5.41, 5.74) is 4.07. The molecule has 0 radical (unpaired) electrons. The van der Waals surface area contributed by atoms with Gasteiger partial charge in [0.2, 0.25) is 5.82 Å². The van der Waals surface area contributed by atoms with E-state index in [1.807, 2.05) is 36.4 Å². The molecule has 0 unspecified atom stereocenters. The maximum Gasteiger partial charge on any atom is 0.257 e. The molecular formula is C21H24N4O2. The fraction of sp³-hybridized carbons (Fsp3) is 0.333. The third-order valence-corrected chi connectivity index (χ3v) is 4.74. The molecule has 1 aromatic heterocycles. The monoisotopic (exact) mass is 364 g/mol. The van der Waals surface area contributed by atoms with E-state index in [1.54, 1.807) is 0 Å². The lowest BCUT2D eigenvalue weighted by molar-refractivity contribution is -0.0838. The normalized spacial score (nSPS) is 20.6. The molecule has 1 aliphatic rings. The quantitative estimate of drug-likeness (QED) is 0.749. The van der Waals surface area contributed by atoms with E-state index in [2.05, 4.69) is 53.4 Å². The minimum Gasteiger partial charge on any atom is -0.363 e. The fourth-order valence-corrected chi connectivity index (χ4v) is 3.42. The molecule has 3 aromatic rings. The van der Waals surface area contributed by atoms with Gasteiger partial charge in [0.25, 0.3) is 5.89 Å². The third kappa shape index (κ3) is 3.86. The second-order valence-electron chi connectivity index (χ2n) is 7.10. The van der Waals surface area contributed by atoms with Crippen LogP contribution < -0.4 is 5.32 Å². The summed E-state index contributed by atoms with van der Waals surface area (Å²) in [6.07, 6.45) is -0.0596. The third-order valence-electron chi connectivity index (χ3n) is 4.74. The van der Waals surface area contributed by atoms with Gasteiger partial charge in [0.1, 0.15) is 6.10 Å². The van der Waals surface area contributed by atoms with Crippen LogP contribution in [0.15, 0.2) is 53.1 Å². The summed E-state index contributed by atoms with van der Waals surface area (Å²) in [5, 5.41) is 7.69. The number of anilines is 2. The van der Waals surface area contributed by atoms with E-state index in [4.69, 9.17) is 9.26 Å². The highest BCUT2D eigenvalue weighted by Gasteiger charge is 2.29. The Kier molecular flexibility index (Phi) is 4.92. The summed E-state index contributed by atoms with van der Waals surface area (Å²) in [6, 6.07) is 16.2. The van der Waals surface area contributed by atoms with Gasteiger partial charge in [-0.05, 0) is 44.7 Å². The van der Waals surface area contributed by atoms with Crippen molar-refractivity contribution in [3.63, 3.8) is 0 Å². The molecule has 1 N–H and O–H groups in total. The molecule has 0 saturated carbocycles. The Balaban J connectivity index is 1.61. The zero-order chi connectivity index (χ0) is 18.8. The first kappa shape index (κ1) is 17.7. The zero-order valence-corrected chi connectivity index (χ0v) is 15.8. The molecule has 0 aliphatic carbocycles. The van der Waals surface area contributed by atoms with E-state index in [-0.39, 0.29) is 12.2 Å². The molecule has 4 rings (SSSR count). The molecule has 27 heavy (non-hydrogen) atoms. The first-order valence-electron chi connectivity index (χ1n) is 9.20. The molecular weight excluding hydrogens is 340 g/mol. The van der Waals surface area contributed by atoms with Crippen LogP contribution in [0.25, 0.3) is 11.4 Å². The first-order valence-corrected chi connectivity index (χ1v) is 9.20. The lowest BCUT2D eigenvalue weighted by atomic mass is 10.1. The summed E-state index contributed by atoms with van der Waals surface area (Å²) >= 11 is 0. The summed E-state index contributed by atoms with van der Waals surface area (Å²) < 4.78 is 11.5. The lowest BCUT2D eigenvalue weighted by Gasteiger charge is -2.32. The van der Waals surface area contributed by atoms with Crippen LogP contribution in [0.5, 0.6) is 0 Å². The summed E-state index contributed by atoms with van der Waals surface area (Å²) in [6.45, 7) is 5.78. The lowest BCUT2D eigenvalue weighted by Crippen LogP contribution is -2.40. The van der Waals surface area contributed by atoms with Crippen molar-refractivity contribution in [2.45, 2.75) is 26.1 Å². The maximum absolute atomic E-state index is 5.98. The van der Waals surface area contributed by atoms with Gasteiger partial charge < -0.3 is 19.5 Å². The topological polar surface area (TPSA) is 63.4 Å². The molecule has 0 amide bonds. The van der Waals surface area contributed by atoms with Crippen LogP contribution in [0, 0.1) is 6.92 Å². The number of ether oxygens (including phenoxy) is 1. The van der Waals surface area contributed by atoms with Crippen LogP contribution in [0.4, 0.5) is 11.4 Å². The number of nitrogens with zero attached hydrogens (tertiary/aromatic N) is 3. The van der Waals surface area contributed by atoms with Gasteiger partial charge in [-0.2, -0.15) is 4.98 Å². The van der Waals surface area contributed by atoms with Gasteiger partial charge >= 0.3 is 0 Å². The van der Waals surface area contributed by atoms with Gasteiger partial charge in [0.05, 0.1) is 6.10 Å². The van der Waals surface area contributed by atoms with Crippen LogP contribution >= 0.6 is 0 Å². The summed E-state index contributed by atoms with van der Waals surface area (Å²) in [7, 11) is 2.07.